The van der Waals surface area contributed by atoms with Gasteiger partial charge in [-0.05, 0) is 43.2 Å². The normalized spacial score (nSPS) is 12.1. The quantitative estimate of drug-likeness (QED) is 0.386. The highest BCUT2D eigenvalue weighted by atomic mass is 16.2. The first-order valence-electron chi connectivity index (χ1n) is 10.7. The number of rotatable bonds is 15. The SMILES string of the molecule is CCCCCCC(CCC)c1ccccc1C(=O)NCCCCCCO. The monoisotopic (exact) mass is 361 g/mol. The molecule has 3 heteroatoms. The van der Waals surface area contributed by atoms with E-state index in [0.29, 0.717) is 12.5 Å². The lowest BCUT2D eigenvalue weighted by Crippen LogP contribution is -2.26. The number of aliphatic hydroxyl groups is 1. The average molecular weight is 362 g/mol. The topological polar surface area (TPSA) is 49.3 Å². The van der Waals surface area contributed by atoms with Gasteiger partial charge in [0.2, 0.25) is 0 Å². The molecule has 2 N–H and O–H groups in total. The maximum absolute atomic E-state index is 12.7. The molecule has 0 heterocycles. The molecule has 3 nitrogen and oxygen atoms in total. The molecule has 0 aliphatic heterocycles. The summed E-state index contributed by atoms with van der Waals surface area (Å²) in [6, 6.07) is 8.16. The maximum atomic E-state index is 12.7. The molecule has 0 spiro atoms. The zero-order valence-corrected chi connectivity index (χ0v) is 16.9. The van der Waals surface area contributed by atoms with E-state index in [1.807, 2.05) is 12.1 Å². The van der Waals surface area contributed by atoms with Gasteiger partial charge in [0.05, 0.1) is 0 Å². The highest BCUT2D eigenvalue weighted by Gasteiger charge is 2.18. The Morgan fingerprint density at radius 1 is 0.923 bits per heavy atom. The molecule has 0 radical (unpaired) electrons. The smallest absolute Gasteiger partial charge is 0.251 e. The predicted molar refractivity (Wildman–Crippen MR) is 111 cm³/mol. The van der Waals surface area contributed by atoms with Crippen molar-refractivity contribution in [1.29, 1.82) is 0 Å². The fourth-order valence-corrected chi connectivity index (χ4v) is 3.57. The van der Waals surface area contributed by atoms with Crippen LogP contribution < -0.4 is 5.32 Å². The number of nitrogens with one attached hydrogen (secondary N) is 1. The van der Waals surface area contributed by atoms with Crippen LogP contribution in [0.4, 0.5) is 0 Å². The molecule has 0 bridgehead atoms. The Labute approximate surface area is 160 Å². The number of hydrogen-bond donors (Lipinski definition) is 2. The van der Waals surface area contributed by atoms with Crippen LogP contribution in [0.1, 0.15) is 106 Å². The molecule has 0 aliphatic carbocycles. The van der Waals surface area contributed by atoms with Crippen LogP contribution in [0.3, 0.4) is 0 Å². The second-order valence-electron chi connectivity index (χ2n) is 7.32. The predicted octanol–water partition coefficient (Wildman–Crippen LogP) is 5.82. The van der Waals surface area contributed by atoms with Crippen molar-refractivity contribution in [3.63, 3.8) is 0 Å². The summed E-state index contributed by atoms with van der Waals surface area (Å²) >= 11 is 0. The Balaban J connectivity index is 2.63. The second-order valence-corrected chi connectivity index (χ2v) is 7.32. The summed E-state index contributed by atoms with van der Waals surface area (Å²) in [5.74, 6) is 0.556. The number of benzene rings is 1. The standard InChI is InChI=1S/C23H39NO2/c1-3-5-6-9-15-20(14-4-2)21-16-10-11-17-22(21)23(26)24-18-12-7-8-13-19-25/h10-11,16-17,20,25H,3-9,12-15,18-19H2,1-2H3,(H,24,26). The van der Waals surface area contributed by atoms with Crippen LogP contribution in [-0.2, 0) is 0 Å². The van der Waals surface area contributed by atoms with Crippen molar-refractivity contribution in [3.05, 3.63) is 35.4 Å². The van der Waals surface area contributed by atoms with Gasteiger partial charge in [-0.3, -0.25) is 4.79 Å². The minimum atomic E-state index is 0.0671. The van der Waals surface area contributed by atoms with Crippen molar-refractivity contribution in [2.24, 2.45) is 0 Å². The number of amides is 1. The summed E-state index contributed by atoms with van der Waals surface area (Å²) in [6.45, 7) is 5.45. The van der Waals surface area contributed by atoms with E-state index in [1.165, 1.54) is 37.7 Å². The Bertz CT molecular complexity index is 487. The molecule has 148 valence electrons. The van der Waals surface area contributed by atoms with Crippen LogP contribution in [-0.4, -0.2) is 24.2 Å². The van der Waals surface area contributed by atoms with E-state index in [-0.39, 0.29) is 12.5 Å². The first-order chi connectivity index (χ1) is 12.7. The fraction of sp³-hybridized carbons (Fsp3) is 0.696. The molecule has 0 saturated carbocycles. The largest absolute Gasteiger partial charge is 0.396 e. The number of carbonyl (C=O) groups is 1. The van der Waals surface area contributed by atoms with Crippen molar-refractivity contribution in [2.75, 3.05) is 13.2 Å². The molecule has 0 aromatic heterocycles. The van der Waals surface area contributed by atoms with Crippen molar-refractivity contribution in [1.82, 2.24) is 5.32 Å². The van der Waals surface area contributed by atoms with E-state index < -0.39 is 0 Å². The molecule has 1 unspecified atom stereocenters. The Hall–Kier alpha value is -1.35. The first-order valence-corrected chi connectivity index (χ1v) is 10.7. The first kappa shape index (κ1) is 22.7. The van der Waals surface area contributed by atoms with Gasteiger partial charge >= 0.3 is 0 Å². The third-order valence-corrected chi connectivity index (χ3v) is 5.06. The molecule has 1 aromatic carbocycles. The molecule has 0 saturated heterocycles. The second kappa shape index (κ2) is 14.8. The number of hydrogen-bond acceptors (Lipinski definition) is 2. The number of carbonyl (C=O) groups excluding carboxylic acids is 1. The molecule has 1 amide bonds. The van der Waals surface area contributed by atoms with Crippen LogP contribution in [0, 0.1) is 0 Å². The van der Waals surface area contributed by atoms with E-state index in [2.05, 4.69) is 31.3 Å². The molecule has 1 rings (SSSR count). The molecule has 1 aromatic rings. The summed E-state index contributed by atoms with van der Waals surface area (Å²) in [5, 5.41) is 11.9. The lowest BCUT2D eigenvalue weighted by Gasteiger charge is -2.20. The van der Waals surface area contributed by atoms with Gasteiger partial charge in [-0.2, -0.15) is 0 Å². The molecule has 26 heavy (non-hydrogen) atoms. The van der Waals surface area contributed by atoms with Crippen LogP contribution in [0.15, 0.2) is 24.3 Å². The van der Waals surface area contributed by atoms with Gasteiger partial charge < -0.3 is 10.4 Å². The number of unbranched alkanes of at least 4 members (excludes halogenated alkanes) is 6. The third kappa shape index (κ3) is 8.84. The Kier molecular flexibility index (Phi) is 12.9. The van der Waals surface area contributed by atoms with Gasteiger partial charge in [0.1, 0.15) is 0 Å². The molecule has 0 fully saturated rings. The summed E-state index contributed by atoms with van der Waals surface area (Å²) in [6.07, 6.45) is 12.5. The van der Waals surface area contributed by atoms with E-state index >= 15 is 0 Å². The highest BCUT2D eigenvalue weighted by molar-refractivity contribution is 5.95. The van der Waals surface area contributed by atoms with Crippen LogP contribution in [0.5, 0.6) is 0 Å². The molecular weight excluding hydrogens is 322 g/mol. The van der Waals surface area contributed by atoms with E-state index in [9.17, 15) is 4.79 Å². The lowest BCUT2D eigenvalue weighted by molar-refractivity contribution is 0.0951. The Morgan fingerprint density at radius 2 is 1.65 bits per heavy atom. The van der Waals surface area contributed by atoms with E-state index in [1.54, 1.807) is 0 Å². The van der Waals surface area contributed by atoms with E-state index in [4.69, 9.17) is 5.11 Å². The van der Waals surface area contributed by atoms with Crippen LogP contribution >= 0.6 is 0 Å². The van der Waals surface area contributed by atoms with Crippen molar-refractivity contribution < 1.29 is 9.90 Å². The summed E-state index contributed by atoms with van der Waals surface area (Å²) < 4.78 is 0. The average Bonchev–Trinajstić information content (AvgIpc) is 2.67. The van der Waals surface area contributed by atoms with Gasteiger partial charge in [-0.25, -0.2) is 0 Å². The van der Waals surface area contributed by atoms with Gasteiger partial charge in [-0.1, -0.05) is 77.0 Å². The maximum Gasteiger partial charge on any atom is 0.251 e. The van der Waals surface area contributed by atoms with Crippen LogP contribution in [0.2, 0.25) is 0 Å². The van der Waals surface area contributed by atoms with Crippen molar-refractivity contribution in [2.45, 2.75) is 90.4 Å². The summed E-state index contributed by atoms with van der Waals surface area (Å²) in [7, 11) is 0. The highest BCUT2D eigenvalue weighted by Crippen LogP contribution is 2.30. The minimum absolute atomic E-state index is 0.0671. The third-order valence-electron chi connectivity index (χ3n) is 5.06. The zero-order valence-electron chi connectivity index (χ0n) is 16.9. The van der Waals surface area contributed by atoms with Gasteiger partial charge in [0, 0.05) is 18.7 Å². The van der Waals surface area contributed by atoms with E-state index in [0.717, 1.165) is 44.1 Å². The fourth-order valence-electron chi connectivity index (χ4n) is 3.57. The zero-order chi connectivity index (χ0) is 19.0. The van der Waals surface area contributed by atoms with Crippen molar-refractivity contribution >= 4 is 5.91 Å². The summed E-state index contributed by atoms with van der Waals surface area (Å²) in [5.41, 5.74) is 2.08. The minimum Gasteiger partial charge on any atom is -0.396 e. The Morgan fingerprint density at radius 3 is 2.38 bits per heavy atom. The van der Waals surface area contributed by atoms with Gasteiger partial charge in [0.25, 0.3) is 5.91 Å². The summed E-state index contributed by atoms with van der Waals surface area (Å²) in [4.78, 5) is 12.7. The molecular formula is C23H39NO2. The van der Waals surface area contributed by atoms with Crippen molar-refractivity contribution in [3.8, 4) is 0 Å². The van der Waals surface area contributed by atoms with Gasteiger partial charge in [0.15, 0.2) is 0 Å². The lowest BCUT2D eigenvalue weighted by atomic mass is 9.86. The molecule has 0 aliphatic rings. The van der Waals surface area contributed by atoms with Gasteiger partial charge in [-0.15, -0.1) is 0 Å². The molecule has 1 atom stereocenters. The number of aliphatic hydroxyl groups excluding tert-OH is 1. The van der Waals surface area contributed by atoms with Crippen LogP contribution in [0.25, 0.3) is 0 Å².